The molecule has 108 valence electrons. The Morgan fingerprint density at radius 3 is 2.45 bits per heavy atom. The SMILES string of the molecule is NCC1(C(=O)Nc2ccc([N+](=O)[O-])cc2)CCOCC1. The zero-order valence-corrected chi connectivity index (χ0v) is 11.0. The maximum absolute atomic E-state index is 12.4. The van der Waals surface area contributed by atoms with E-state index < -0.39 is 10.3 Å². The van der Waals surface area contributed by atoms with E-state index in [0.717, 1.165) is 0 Å². The van der Waals surface area contributed by atoms with Gasteiger partial charge in [-0.15, -0.1) is 0 Å². The number of nitro benzene ring substituents is 1. The standard InChI is InChI=1S/C13H17N3O4/c14-9-13(5-7-20-8-6-13)12(17)15-10-1-3-11(4-2-10)16(18)19/h1-4H,5-9,14H2,(H,15,17). The van der Waals surface area contributed by atoms with Crippen molar-refractivity contribution in [1.29, 1.82) is 0 Å². The largest absolute Gasteiger partial charge is 0.381 e. The zero-order valence-electron chi connectivity index (χ0n) is 11.0. The van der Waals surface area contributed by atoms with Gasteiger partial charge in [-0.3, -0.25) is 14.9 Å². The Kier molecular flexibility index (Phi) is 4.31. The molecular formula is C13H17N3O4. The molecule has 0 spiro atoms. The van der Waals surface area contributed by atoms with Gasteiger partial charge in [-0.25, -0.2) is 0 Å². The third-order valence-corrected chi connectivity index (χ3v) is 3.66. The van der Waals surface area contributed by atoms with E-state index in [0.29, 0.717) is 31.7 Å². The summed E-state index contributed by atoms with van der Waals surface area (Å²) in [5.74, 6) is -0.155. The molecule has 0 aliphatic carbocycles. The predicted octanol–water partition coefficient (Wildman–Crippen LogP) is 1.29. The molecule has 7 heteroatoms. The van der Waals surface area contributed by atoms with Gasteiger partial charge in [-0.1, -0.05) is 0 Å². The average Bonchev–Trinajstić information content (AvgIpc) is 2.48. The van der Waals surface area contributed by atoms with Gasteiger partial charge in [-0.05, 0) is 25.0 Å². The summed E-state index contributed by atoms with van der Waals surface area (Å²) in [4.78, 5) is 22.4. The molecule has 2 rings (SSSR count). The Morgan fingerprint density at radius 2 is 1.95 bits per heavy atom. The van der Waals surface area contributed by atoms with Crippen LogP contribution in [0.25, 0.3) is 0 Å². The summed E-state index contributed by atoms with van der Waals surface area (Å²) in [6.45, 7) is 1.30. The van der Waals surface area contributed by atoms with Gasteiger partial charge in [0.15, 0.2) is 0 Å². The van der Waals surface area contributed by atoms with E-state index in [1.54, 1.807) is 0 Å². The highest BCUT2D eigenvalue weighted by molar-refractivity contribution is 5.95. The lowest BCUT2D eigenvalue weighted by atomic mass is 9.79. The number of non-ortho nitro benzene ring substituents is 1. The minimum absolute atomic E-state index is 0.0115. The summed E-state index contributed by atoms with van der Waals surface area (Å²) >= 11 is 0. The number of hydrogen-bond acceptors (Lipinski definition) is 5. The number of nitrogens with one attached hydrogen (secondary N) is 1. The third kappa shape index (κ3) is 2.94. The van der Waals surface area contributed by atoms with Crippen LogP contribution in [0.1, 0.15) is 12.8 Å². The van der Waals surface area contributed by atoms with Gasteiger partial charge in [0.05, 0.1) is 10.3 Å². The molecule has 1 fully saturated rings. The summed E-state index contributed by atoms with van der Waals surface area (Å²) in [6.07, 6.45) is 1.17. The fraction of sp³-hybridized carbons (Fsp3) is 0.462. The molecule has 0 bridgehead atoms. The highest BCUT2D eigenvalue weighted by Gasteiger charge is 2.38. The van der Waals surface area contributed by atoms with Crippen molar-refractivity contribution in [3.05, 3.63) is 34.4 Å². The van der Waals surface area contributed by atoms with Gasteiger partial charge < -0.3 is 15.8 Å². The molecular weight excluding hydrogens is 262 g/mol. The van der Waals surface area contributed by atoms with Crippen LogP contribution in [0.5, 0.6) is 0 Å². The first-order chi connectivity index (χ1) is 9.57. The van der Waals surface area contributed by atoms with Gasteiger partial charge in [0.25, 0.3) is 5.69 Å². The maximum atomic E-state index is 12.4. The second kappa shape index (κ2) is 5.98. The van der Waals surface area contributed by atoms with Crippen LogP contribution in [0.3, 0.4) is 0 Å². The van der Waals surface area contributed by atoms with Crippen LogP contribution in [0, 0.1) is 15.5 Å². The lowest BCUT2D eigenvalue weighted by Gasteiger charge is -2.34. The van der Waals surface area contributed by atoms with E-state index in [1.165, 1.54) is 24.3 Å². The number of anilines is 1. The molecule has 0 aromatic heterocycles. The Bertz CT molecular complexity index is 495. The van der Waals surface area contributed by atoms with Crippen LogP contribution in [-0.2, 0) is 9.53 Å². The fourth-order valence-corrected chi connectivity index (χ4v) is 2.22. The molecule has 0 atom stereocenters. The minimum Gasteiger partial charge on any atom is -0.381 e. The molecule has 0 saturated carbocycles. The molecule has 7 nitrogen and oxygen atoms in total. The van der Waals surface area contributed by atoms with E-state index in [4.69, 9.17) is 10.5 Å². The van der Waals surface area contributed by atoms with Gasteiger partial charge in [-0.2, -0.15) is 0 Å². The first kappa shape index (κ1) is 14.4. The average molecular weight is 279 g/mol. The number of nitro groups is 1. The van der Waals surface area contributed by atoms with E-state index in [2.05, 4.69) is 5.32 Å². The van der Waals surface area contributed by atoms with Crippen LogP contribution in [0.2, 0.25) is 0 Å². The lowest BCUT2D eigenvalue weighted by Crippen LogP contribution is -2.46. The number of rotatable bonds is 4. The molecule has 1 aromatic rings. The second-order valence-corrected chi connectivity index (χ2v) is 4.85. The minimum atomic E-state index is -0.611. The van der Waals surface area contributed by atoms with Crippen molar-refractivity contribution >= 4 is 17.3 Å². The molecule has 1 heterocycles. The summed E-state index contributed by atoms with van der Waals surface area (Å²) in [6, 6.07) is 5.74. The Hall–Kier alpha value is -1.99. The van der Waals surface area contributed by atoms with Gasteiger partial charge in [0.2, 0.25) is 5.91 Å². The van der Waals surface area contributed by atoms with E-state index in [-0.39, 0.29) is 18.1 Å². The summed E-state index contributed by atoms with van der Waals surface area (Å²) < 4.78 is 5.26. The quantitative estimate of drug-likeness (QED) is 0.637. The Labute approximate surface area is 116 Å². The molecule has 1 aliphatic rings. The van der Waals surface area contributed by atoms with E-state index >= 15 is 0 Å². The van der Waals surface area contributed by atoms with Crippen molar-refractivity contribution in [2.24, 2.45) is 11.1 Å². The Balaban J connectivity index is 2.08. The van der Waals surface area contributed by atoms with E-state index in [9.17, 15) is 14.9 Å². The van der Waals surface area contributed by atoms with Crippen LogP contribution >= 0.6 is 0 Å². The summed E-state index contributed by atoms with van der Waals surface area (Å²) in [5, 5.41) is 13.3. The number of nitrogens with two attached hydrogens (primary N) is 1. The Morgan fingerprint density at radius 1 is 1.35 bits per heavy atom. The fourth-order valence-electron chi connectivity index (χ4n) is 2.22. The first-order valence-electron chi connectivity index (χ1n) is 6.41. The number of carbonyl (C=O) groups is 1. The molecule has 20 heavy (non-hydrogen) atoms. The van der Waals surface area contributed by atoms with Crippen LogP contribution < -0.4 is 11.1 Å². The van der Waals surface area contributed by atoms with Crippen molar-refractivity contribution in [2.45, 2.75) is 12.8 Å². The smallest absolute Gasteiger partial charge is 0.269 e. The third-order valence-electron chi connectivity index (χ3n) is 3.66. The van der Waals surface area contributed by atoms with Crippen LogP contribution in [0.15, 0.2) is 24.3 Å². The number of nitrogens with zero attached hydrogens (tertiary/aromatic N) is 1. The molecule has 0 radical (unpaired) electrons. The lowest BCUT2D eigenvalue weighted by molar-refractivity contribution is -0.384. The van der Waals surface area contributed by atoms with Crippen molar-refractivity contribution in [1.82, 2.24) is 0 Å². The number of benzene rings is 1. The molecule has 1 amide bonds. The molecule has 1 saturated heterocycles. The second-order valence-electron chi connectivity index (χ2n) is 4.85. The van der Waals surface area contributed by atoms with Crippen LogP contribution in [-0.4, -0.2) is 30.6 Å². The number of ether oxygens (including phenoxy) is 1. The van der Waals surface area contributed by atoms with E-state index in [1.807, 2.05) is 0 Å². The number of hydrogen-bond donors (Lipinski definition) is 2. The maximum Gasteiger partial charge on any atom is 0.269 e. The van der Waals surface area contributed by atoms with Gasteiger partial charge >= 0.3 is 0 Å². The van der Waals surface area contributed by atoms with Crippen molar-refractivity contribution in [3.63, 3.8) is 0 Å². The van der Waals surface area contributed by atoms with Crippen LogP contribution in [0.4, 0.5) is 11.4 Å². The monoisotopic (exact) mass is 279 g/mol. The predicted molar refractivity (Wildman–Crippen MR) is 73.3 cm³/mol. The molecule has 1 aromatic carbocycles. The summed E-state index contributed by atoms with van der Waals surface area (Å²) in [5.41, 5.74) is 5.66. The number of amides is 1. The van der Waals surface area contributed by atoms with Gasteiger partial charge in [0, 0.05) is 37.6 Å². The highest BCUT2D eigenvalue weighted by Crippen LogP contribution is 2.31. The molecule has 1 aliphatic heterocycles. The number of carbonyl (C=O) groups excluding carboxylic acids is 1. The highest BCUT2D eigenvalue weighted by atomic mass is 16.6. The van der Waals surface area contributed by atoms with Crippen molar-refractivity contribution < 1.29 is 14.5 Å². The van der Waals surface area contributed by atoms with Crippen molar-refractivity contribution in [3.8, 4) is 0 Å². The summed E-state index contributed by atoms with van der Waals surface area (Å²) in [7, 11) is 0. The molecule has 0 unspecified atom stereocenters. The van der Waals surface area contributed by atoms with Gasteiger partial charge in [0.1, 0.15) is 0 Å². The normalized spacial score (nSPS) is 17.4. The van der Waals surface area contributed by atoms with Crippen molar-refractivity contribution in [2.75, 3.05) is 25.1 Å². The first-order valence-corrected chi connectivity index (χ1v) is 6.41. The zero-order chi connectivity index (χ0) is 14.6. The topological polar surface area (TPSA) is 107 Å². The molecule has 3 N–H and O–H groups in total.